The minimum absolute atomic E-state index is 0.271. The van der Waals surface area contributed by atoms with Gasteiger partial charge in [-0.05, 0) is 67.8 Å². The number of piperidine rings is 1. The van der Waals surface area contributed by atoms with Gasteiger partial charge in [0.2, 0.25) is 5.91 Å². The number of amides is 1. The Morgan fingerprint density at radius 1 is 1.19 bits per heavy atom. The lowest BCUT2D eigenvalue weighted by molar-refractivity contribution is -0.130. The maximum Gasteiger partial charge on any atom is 0.232 e. The molecular weight excluding hydrogens is 422 g/mol. The quantitative estimate of drug-likeness (QED) is 0.413. The van der Waals surface area contributed by atoms with Crippen LogP contribution in [-0.2, 0) is 17.6 Å². The molecule has 1 saturated carbocycles. The first-order chi connectivity index (χ1) is 14.8. The second-order valence-electron chi connectivity index (χ2n) is 11.0. The van der Waals surface area contributed by atoms with Gasteiger partial charge < -0.3 is 4.90 Å². The van der Waals surface area contributed by atoms with E-state index in [1.165, 1.54) is 41.5 Å². The Hall–Kier alpha value is -1.14. The van der Waals surface area contributed by atoms with E-state index in [0.29, 0.717) is 23.0 Å². The molecule has 31 heavy (non-hydrogen) atoms. The standard InChI is InChI=1S/C25H35N3OS2/c1-15-6-5-11-28(13-15)20(29)14-30-23-21-18-10-9-17(25(2,3)4)12-19(18)31-24(21)27-22(26-23)16-7-8-16/h15-17H,5-14H2,1-4H3. The fraction of sp³-hybridized carbons (Fsp3) is 0.720. The maximum absolute atomic E-state index is 12.9. The van der Waals surface area contributed by atoms with E-state index in [9.17, 15) is 4.79 Å². The van der Waals surface area contributed by atoms with E-state index in [0.717, 1.165) is 54.0 Å². The molecule has 2 aromatic heterocycles. The molecule has 0 radical (unpaired) electrons. The van der Waals surface area contributed by atoms with E-state index in [2.05, 4.69) is 32.6 Å². The fourth-order valence-corrected chi connectivity index (χ4v) is 7.50. The number of hydrogen-bond acceptors (Lipinski definition) is 5. The third kappa shape index (κ3) is 4.52. The van der Waals surface area contributed by atoms with Gasteiger partial charge in [0, 0.05) is 29.3 Å². The summed E-state index contributed by atoms with van der Waals surface area (Å²) < 4.78 is 0. The zero-order chi connectivity index (χ0) is 21.8. The highest BCUT2D eigenvalue weighted by atomic mass is 32.2. The molecule has 0 spiro atoms. The summed E-state index contributed by atoms with van der Waals surface area (Å²) in [5.41, 5.74) is 1.82. The number of likely N-dealkylation sites (tertiary alicyclic amines) is 1. The van der Waals surface area contributed by atoms with E-state index >= 15 is 0 Å². The van der Waals surface area contributed by atoms with Crippen molar-refractivity contribution < 1.29 is 4.79 Å². The molecule has 0 aromatic carbocycles. The Kier molecular flexibility index (Phi) is 5.83. The molecule has 2 unspecified atom stereocenters. The van der Waals surface area contributed by atoms with Crippen molar-refractivity contribution >= 4 is 39.2 Å². The third-order valence-corrected chi connectivity index (χ3v) is 9.51. The van der Waals surface area contributed by atoms with Crippen molar-refractivity contribution in [2.24, 2.45) is 17.3 Å². The second-order valence-corrected chi connectivity index (χ2v) is 13.1. The van der Waals surface area contributed by atoms with E-state index in [1.807, 2.05) is 11.3 Å². The van der Waals surface area contributed by atoms with Crippen molar-refractivity contribution in [1.82, 2.24) is 14.9 Å². The number of thioether (sulfide) groups is 1. The first kappa shape index (κ1) is 21.7. The number of nitrogens with zero attached hydrogens (tertiary/aromatic N) is 3. The third-order valence-electron chi connectivity index (χ3n) is 7.40. The summed E-state index contributed by atoms with van der Waals surface area (Å²) in [5.74, 6) is 3.66. The number of fused-ring (bicyclic) bond motifs is 3. The van der Waals surface area contributed by atoms with Gasteiger partial charge in [0.15, 0.2) is 0 Å². The Morgan fingerprint density at radius 3 is 2.71 bits per heavy atom. The van der Waals surface area contributed by atoms with Crippen molar-refractivity contribution in [3.05, 3.63) is 16.3 Å². The molecule has 3 heterocycles. The SMILES string of the molecule is CC1CCCN(C(=O)CSc2nc(C3CC3)nc3sc4c(c23)CCC(C(C)(C)C)C4)C1. The molecule has 4 nitrogen and oxygen atoms in total. The van der Waals surface area contributed by atoms with Crippen molar-refractivity contribution in [1.29, 1.82) is 0 Å². The summed E-state index contributed by atoms with van der Waals surface area (Å²) in [4.78, 5) is 27.7. The summed E-state index contributed by atoms with van der Waals surface area (Å²) in [6.45, 7) is 11.2. The van der Waals surface area contributed by atoms with Crippen molar-refractivity contribution in [3.63, 3.8) is 0 Å². The number of carbonyl (C=O) groups excluding carboxylic acids is 1. The number of thiophene rings is 1. The molecule has 5 rings (SSSR count). The normalized spacial score (nSPS) is 24.5. The highest BCUT2D eigenvalue weighted by molar-refractivity contribution is 8.00. The number of aryl methyl sites for hydroxylation is 1. The van der Waals surface area contributed by atoms with Gasteiger partial charge in [-0.25, -0.2) is 9.97 Å². The number of rotatable bonds is 4. The summed E-state index contributed by atoms with van der Waals surface area (Å²) in [5, 5.41) is 2.33. The van der Waals surface area contributed by atoms with Crippen LogP contribution in [0, 0.1) is 17.3 Å². The van der Waals surface area contributed by atoms with Gasteiger partial charge in [-0.3, -0.25) is 4.79 Å². The lowest BCUT2D eigenvalue weighted by atomic mass is 9.72. The van der Waals surface area contributed by atoms with Crippen molar-refractivity contribution in [3.8, 4) is 0 Å². The Bertz CT molecular complexity index is 989. The molecule has 1 saturated heterocycles. The van der Waals surface area contributed by atoms with Crippen LogP contribution in [0.2, 0.25) is 0 Å². The van der Waals surface area contributed by atoms with Gasteiger partial charge in [0.1, 0.15) is 15.7 Å². The molecule has 1 aliphatic heterocycles. The molecule has 0 N–H and O–H groups in total. The lowest BCUT2D eigenvalue weighted by Gasteiger charge is -2.33. The Balaban J connectivity index is 1.43. The molecule has 0 bridgehead atoms. The predicted octanol–water partition coefficient (Wildman–Crippen LogP) is 6.07. The monoisotopic (exact) mass is 457 g/mol. The minimum Gasteiger partial charge on any atom is -0.342 e. The van der Waals surface area contributed by atoms with Gasteiger partial charge in [0.05, 0.1) is 5.75 Å². The van der Waals surface area contributed by atoms with E-state index in [1.54, 1.807) is 11.8 Å². The molecule has 2 fully saturated rings. The fourth-order valence-electron chi connectivity index (χ4n) is 5.16. The summed E-state index contributed by atoms with van der Waals surface area (Å²) in [6.07, 6.45) is 8.30. The highest BCUT2D eigenvalue weighted by Gasteiger charge is 2.34. The van der Waals surface area contributed by atoms with Gasteiger partial charge in [-0.1, -0.05) is 39.5 Å². The first-order valence-electron chi connectivity index (χ1n) is 12.0. The zero-order valence-electron chi connectivity index (χ0n) is 19.4. The van der Waals surface area contributed by atoms with Crippen LogP contribution in [0.3, 0.4) is 0 Å². The van der Waals surface area contributed by atoms with Crippen LogP contribution in [0.4, 0.5) is 0 Å². The van der Waals surface area contributed by atoms with Gasteiger partial charge >= 0.3 is 0 Å². The largest absolute Gasteiger partial charge is 0.342 e. The van der Waals surface area contributed by atoms with Gasteiger partial charge in [-0.15, -0.1) is 11.3 Å². The van der Waals surface area contributed by atoms with E-state index in [-0.39, 0.29) is 5.91 Å². The Morgan fingerprint density at radius 2 is 2.00 bits per heavy atom. The average molecular weight is 458 g/mol. The zero-order valence-corrected chi connectivity index (χ0v) is 21.0. The summed E-state index contributed by atoms with van der Waals surface area (Å²) in [6, 6.07) is 0. The van der Waals surface area contributed by atoms with E-state index < -0.39 is 0 Å². The maximum atomic E-state index is 12.9. The van der Waals surface area contributed by atoms with Crippen molar-refractivity contribution in [2.75, 3.05) is 18.8 Å². The molecule has 2 atom stereocenters. The molecular formula is C25H35N3OS2. The van der Waals surface area contributed by atoms with Crippen LogP contribution in [-0.4, -0.2) is 39.6 Å². The van der Waals surface area contributed by atoms with Crippen LogP contribution in [0.25, 0.3) is 10.2 Å². The smallest absolute Gasteiger partial charge is 0.232 e. The van der Waals surface area contributed by atoms with Crippen molar-refractivity contribution in [2.45, 2.75) is 83.6 Å². The lowest BCUT2D eigenvalue weighted by Crippen LogP contribution is -2.40. The van der Waals surface area contributed by atoms with Gasteiger partial charge in [0.25, 0.3) is 0 Å². The van der Waals surface area contributed by atoms with Crippen LogP contribution < -0.4 is 0 Å². The molecule has 2 aliphatic carbocycles. The first-order valence-corrected chi connectivity index (χ1v) is 13.8. The van der Waals surface area contributed by atoms with Crippen LogP contribution >= 0.6 is 23.1 Å². The molecule has 2 aromatic rings. The summed E-state index contributed by atoms with van der Waals surface area (Å²) >= 11 is 3.56. The number of hydrogen-bond donors (Lipinski definition) is 0. The van der Waals surface area contributed by atoms with Crippen LogP contribution in [0.5, 0.6) is 0 Å². The minimum atomic E-state index is 0.271. The molecule has 3 aliphatic rings. The van der Waals surface area contributed by atoms with Crippen LogP contribution in [0.1, 0.15) is 82.0 Å². The molecule has 168 valence electrons. The van der Waals surface area contributed by atoms with E-state index in [4.69, 9.17) is 9.97 Å². The molecule has 1 amide bonds. The van der Waals surface area contributed by atoms with Crippen LogP contribution in [0.15, 0.2) is 5.03 Å². The summed E-state index contributed by atoms with van der Waals surface area (Å²) in [7, 11) is 0. The number of aromatic nitrogens is 2. The Labute approximate surface area is 194 Å². The predicted molar refractivity (Wildman–Crippen MR) is 130 cm³/mol. The topological polar surface area (TPSA) is 46.1 Å². The molecule has 6 heteroatoms. The highest BCUT2D eigenvalue weighted by Crippen LogP contribution is 2.46. The average Bonchev–Trinajstić information content (AvgIpc) is 3.51. The second kappa shape index (κ2) is 8.33. The van der Waals surface area contributed by atoms with Gasteiger partial charge in [-0.2, -0.15) is 0 Å². The number of carbonyl (C=O) groups is 1.